The number of fused-ring (bicyclic) bond motifs is 1. The van der Waals surface area contributed by atoms with Crippen molar-refractivity contribution < 1.29 is 8.42 Å². The summed E-state index contributed by atoms with van der Waals surface area (Å²) in [6, 6.07) is 14.3. The number of aromatic nitrogens is 3. The Hall–Kier alpha value is -3.96. The fourth-order valence-electron chi connectivity index (χ4n) is 3.65. The monoisotopic (exact) mass is 493 g/mol. The van der Waals surface area contributed by atoms with Gasteiger partial charge in [0, 0.05) is 31.7 Å². The number of guanidine groups is 1. The third-order valence-electron chi connectivity index (χ3n) is 5.50. The third kappa shape index (κ3) is 5.94. The molecule has 0 aliphatic heterocycles. The molecule has 0 unspecified atom stereocenters. The lowest BCUT2D eigenvalue weighted by Crippen LogP contribution is -2.32. The zero-order valence-electron chi connectivity index (χ0n) is 19.2. The molecule has 4 rings (SSSR count). The summed E-state index contributed by atoms with van der Waals surface area (Å²) in [6.45, 7) is 2.13. The summed E-state index contributed by atoms with van der Waals surface area (Å²) < 4.78 is 25.1. The quantitative estimate of drug-likeness (QED) is 0.135. The van der Waals surface area contributed by atoms with Crippen molar-refractivity contribution in [3.8, 4) is 22.4 Å². The van der Waals surface area contributed by atoms with Crippen molar-refractivity contribution in [1.29, 1.82) is 5.41 Å². The van der Waals surface area contributed by atoms with E-state index in [0.717, 1.165) is 29.7 Å². The second kappa shape index (κ2) is 10.1. The van der Waals surface area contributed by atoms with Gasteiger partial charge < -0.3 is 21.4 Å². The first-order valence-corrected chi connectivity index (χ1v) is 12.9. The molecule has 0 spiro atoms. The van der Waals surface area contributed by atoms with Crippen molar-refractivity contribution in [3.05, 3.63) is 76.8 Å². The molecule has 0 aliphatic carbocycles. The maximum absolute atomic E-state index is 12.7. The van der Waals surface area contributed by atoms with Gasteiger partial charge in [0.1, 0.15) is 0 Å². The zero-order valence-corrected chi connectivity index (χ0v) is 20.0. The molecule has 2 aromatic heterocycles. The van der Waals surface area contributed by atoms with Crippen LogP contribution in [0.5, 0.6) is 0 Å². The fraction of sp³-hybridized carbons (Fsp3) is 0.208. The van der Waals surface area contributed by atoms with Crippen molar-refractivity contribution in [2.45, 2.75) is 17.9 Å². The molecule has 0 fully saturated rings. The molecule has 0 atom stereocenters. The first-order chi connectivity index (χ1) is 16.7. The molecule has 0 saturated heterocycles. The van der Waals surface area contributed by atoms with E-state index in [2.05, 4.69) is 20.6 Å². The first kappa shape index (κ1) is 24.2. The lowest BCUT2D eigenvalue weighted by Gasteiger charge is -2.07. The van der Waals surface area contributed by atoms with Gasteiger partial charge in [-0.3, -0.25) is 14.6 Å². The van der Waals surface area contributed by atoms with Crippen LogP contribution in [0.2, 0.25) is 0 Å². The largest absolute Gasteiger partial charge is 0.370 e. The number of H-pyrrole nitrogens is 1. The van der Waals surface area contributed by atoms with E-state index in [-0.39, 0.29) is 16.4 Å². The molecular formula is C24H27N7O3S. The summed E-state index contributed by atoms with van der Waals surface area (Å²) in [4.78, 5) is 20.2. The number of nitrogens with two attached hydrogens (primary N) is 1. The number of nitrogens with one attached hydrogen (secondary N) is 4. The highest BCUT2D eigenvalue weighted by molar-refractivity contribution is 7.90. The Balaban J connectivity index is 1.47. The second-order valence-corrected chi connectivity index (χ2v) is 10.2. The summed E-state index contributed by atoms with van der Waals surface area (Å²) in [5.74, 6) is 0.379. The first-order valence-electron chi connectivity index (χ1n) is 11.0. The van der Waals surface area contributed by atoms with Crippen LogP contribution in [0.4, 0.5) is 0 Å². The van der Waals surface area contributed by atoms with Gasteiger partial charge in [-0.2, -0.15) is 4.98 Å². The Labute approximate surface area is 202 Å². The van der Waals surface area contributed by atoms with Crippen LogP contribution >= 0.6 is 0 Å². The van der Waals surface area contributed by atoms with Gasteiger partial charge in [0.25, 0.3) is 5.56 Å². The Morgan fingerprint density at radius 3 is 2.40 bits per heavy atom. The molecule has 0 radical (unpaired) electrons. The van der Waals surface area contributed by atoms with Crippen LogP contribution < -0.4 is 21.9 Å². The third-order valence-corrected chi connectivity index (χ3v) is 6.63. The summed E-state index contributed by atoms with van der Waals surface area (Å²) in [6.07, 6.45) is 5.58. The lowest BCUT2D eigenvalue weighted by atomic mass is 10.1. The lowest BCUT2D eigenvalue weighted by molar-refractivity contribution is 0.602. The number of hydrogen-bond donors (Lipinski definition) is 5. The van der Waals surface area contributed by atoms with Gasteiger partial charge in [0.05, 0.1) is 16.2 Å². The minimum atomic E-state index is -3.27. The Morgan fingerprint density at radius 2 is 1.74 bits per heavy atom. The average Bonchev–Trinajstić information content (AvgIpc) is 3.23. The maximum Gasteiger partial charge on any atom is 0.282 e. The molecule has 2 heterocycles. The molecule has 10 nitrogen and oxygen atoms in total. The molecule has 0 aliphatic rings. The predicted molar refractivity (Wildman–Crippen MR) is 136 cm³/mol. The SMILES string of the molecule is CS(=O)(=O)c1ccc(-c2cn3cc(-c4ccc(CNCCCNC(=N)N)cc4)c(=O)nc3[nH]2)cc1. The molecule has 35 heavy (non-hydrogen) atoms. The second-order valence-electron chi connectivity index (χ2n) is 8.22. The highest BCUT2D eigenvalue weighted by Crippen LogP contribution is 2.22. The summed E-state index contributed by atoms with van der Waals surface area (Å²) in [5, 5.41) is 13.2. The standard InChI is InChI=1S/C24H27N7O3S/c1-35(33,34)19-9-7-18(8-10-19)21-15-31-14-20(22(32)30-24(31)29-21)17-5-3-16(4-6-17)13-27-11-2-12-28-23(25)26/h3-10,14-15,27H,2,11-13H2,1H3,(H4,25,26,28)(H,29,30,32). The number of sulfone groups is 1. The van der Waals surface area contributed by atoms with Crippen molar-refractivity contribution in [2.75, 3.05) is 19.3 Å². The van der Waals surface area contributed by atoms with Crippen molar-refractivity contribution in [3.63, 3.8) is 0 Å². The highest BCUT2D eigenvalue weighted by Gasteiger charge is 2.11. The minimum absolute atomic E-state index is 0.0247. The van der Waals surface area contributed by atoms with E-state index < -0.39 is 9.84 Å². The maximum atomic E-state index is 12.7. The Bertz CT molecular complexity index is 1510. The number of aromatic amines is 1. The van der Waals surface area contributed by atoms with Gasteiger partial charge in [-0.1, -0.05) is 36.4 Å². The number of nitrogens with zero attached hydrogens (tertiary/aromatic N) is 2. The fourth-order valence-corrected chi connectivity index (χ4v) is 4.28. The van der Waals surface area contributed by atoms with Crippen LogP contribution in [0.25, 0.3) is 28.2 Å². The van der Waals surface area contributed by atoms with Gasteiger partial charge in [0.15, 0.2) is 15.8 Å². The van der Waals surface area contributed by atoms with Crippen LogP contribution in [0.1, 0.15) is 12.0 Å². The smallest absolute Gasteiger partial charge is 0.282 e. The molecule has 2 aromatic carbocycles. The van der Waals surface area contributed by atoms with Crippen molar-refractivity contribution >= 4 is 21.6 Å². The average molecular weight is 494 g/mol. The van der Waals surface area contributed by atoms with Crippen LogP contribution in [0.15, 0.2) is 70.6 Å². The topological polar surface area (TPSA) is 158 Å². The van der Waals surface area contributed by atoms with Crippen LogP contribution in [-0.4, -0.2) is 48.1 Å². The molecule has 0 bridgehead atoms. The van der Waals surface area contributed by atoms with E-state index in [1.807, 2.05) is 30.5 Å². The van der Waals surface area contributed by atoms with E-state index >= 15 is 0 Å². The number of rotatable bonds is 9. The predicted octanol–water partition coefficient (Wildman–Crippen LogP) is 1.72. The molecule has 0 amide bonds. The Morgan fingerprint density at radius 1 is 1.06 bits per heavy atom. The molecule has 11 heteroatoms. The van der Waals surface area contributed by atoms with Crippen molar-refractivity contribution in [2.24, 2.45) is 5.73 Å². The normalized spacial score (nSPS) is 11.6. The molecule has 0 saturated carbocycles. The summed E-state index contributed by atoms with van der Waals surface area (Å²) in [7, 11) is -3.27. The zero-order chi connectivity index (χ0) is 25.0. The van der Waals surface area contributed by atoms with Crippen molar-refractivity contribution in [1.82, 2.24) is 25.0 Å². The number of benzene rings is 2. The van der Waals surface area contributed by atoms with Gasteiger partial charge in [0.2, 0.25) is 5.78 Å². The van der Waals surface area contributed by atoms with E-state index in [9.17, 15) is 13.2 Å². The van der Waals surface area contributed by atoms with Crippen LogP contribution in [-0.2, 0) is 16.4 Å². The summed E-state index contributed by atoms with van der Waals surface area (Å²) in [5.41, 5.74) is 8.75. The van der Waals surface area contributed by atoms with E-state index in [1.165, 1.54) is 6.26 Å². The van der Waals surface area contributed by atoms with Gasteiger partial charge >= 0.3 is 0 Å². The molecular weight excluding hydrogens is 466 g/mol. The number of hydrogen-bond acceptors (Lipinski definition) is 6. The Kier molecular flexibility index (Phi) is 6.99. The minimum Gasteiger partial charge on any atom is -0.370 e. The van der Waals surface area contributed by atoms with Gasteiger partial charge in [-0.25, -0.2) is 8.42 Å². The van der Waals surface area contributed by atoms with E-state index in [0.29, 0.717) is 30.1 Å². The summed E-state index contributed by atoms with van der Waals surface area (Å²) >= 11 is 0. The van der Waals surface area contributed by atoms with Crippen LogP contribution in [0, 0.1) is 5.41 Å². The van der Waals surface area contributed by atoms with E-state index in [1.54, 1.807) is 34.9 Å². The van der Waals surface area contributed by atoms with E-state index in [4.69, 9.17) is 11.1 Å². The molecule has 6 N–H and O–H groups in total. The highest BCUT2D eigenvalue weighted by atomic mass is 32.2. The molecule has 182 valence electrons. The van der Waals surface area contributed by atoms with Crippen LogP contribution in [0.3, 0.4) is 0 Å². The molecule has 4 aromatic rings. The van der Waals surface area contributed by atoms with Gasteiger partial charge in [-0.15, -0.1) is 0 Å². The number of imidazole rings is 1. The van der Waals surface area contributed by atoms with Gasteiger partial charge in [-0.05, 0) is 41.8 Å².